The first-order valence-electron chi connectivity index (χ1n) is 11.0. The summed E-state index contributed by atoms with van der Waals surface area (Å²) < 4.78 is 52.4. The molecule has 1 saturated carbocycles. The number of pyridine rings is 1. The van der Waals surface area contributed by atoms with Gasteiger partial charge in [0, 0.05) is 22.7 Å². The highest BCUT2D eigenvalue weighted by Crippen LogP contribution is 2.34. The van der Waals surface area contributed by atoms with Crippen molar-refractivity contribution in [2.45, 2.75) is 57.7 Å². The van der Waals surface area contributed by atoms with Crippen molar-refractivity contribution in [1.29, 1.82) is 0 Å². The molecule has 3 N–H and O–H groups in total. The van der Waals surface area contributed by atoms with Crippen LogP contribution < -0.4 is 11.1 Å². The van der Waals surface area contributed by atoms with Crippen LogP contribution in [0.25, 0.3) is 10.9 Å². The van der Waals surface area contributed by atoms with Gasteiger partial charge in [0.15, 0.2) is 0 Å². The molecule has 4 rings (SSSR count). The lowest BCUT2D eigenvalue weighted by Gasteiger charge is -2.25. The molecule has 176 valence electrons. The molecule has 3 aromatic rings. The van der Waals surface area contributed by atoms with Crippen molar-refractivity contribution in [1.82, 2.24) is 4.98 Å². The maximum atomic E-state index is 13.5. The van der Waals surface area contributed by atoms with E-state index in [2.05, 4.69) is 17.2 Å². The average molecular weight is 462 g/mol. The molecule has 2 aromatic carbocycles. The molecule has 0 spiro atoms. The van der Waals surface area contributed by atoms with Crippen LogP contribution in [0, 0.1) is 5.82 Å². The molecule has 1 fully saturated rings. The summed E-state index contributed by atoms with van der Waals surface area (Å²) in [5, 5.41) is 3.54. The second-order valence-corrected chi connectivity index (χ2v) is 8.11. The fourth-order valence-corrected chi connectivity index (χ4v) is 3.83. The Bertz CT molecular complexity index is 1090. The SMILES string of the molecule is CCc1ccc(C(N)=O)cc1.Fc1ccc2nc(C(F)(F)F)cc(NC3CCCCC3)c2c1. The zero-order valence-electron chi connectivity index (χ0n) is 18.4. The van der Waals surface area contributed by atoms with Crippen molar-refractivity contribution >= 4 is 22.5 Å². The summed E-state index contributed by atoms with van der Waals surface area (Å²) in [6, 6.07) is 12.1. The zero-order chi connectivity index (χ0) is 24.0. The number of hydrogen-bond donors (Lipinski definition) is 2. The molecule has 33 heavy (non-hydrogen) atoms. The molecular formula is C25H27F4N3O. The summed E-state index contributed by atoms with van der Waals surface area (Å²) in [5.41, 5.74) is 6.36. The Kier molecular flexibility index (Phi) is 7.89. The Labute approximate surface area is 190 Å². The van der Waals surface area contributed by atoms with Gasteiger partial charge in [-0.3, -0.25) is 4.79 Å². The normalized spacial score (nSPS) is 14.5. The fraction of sp³-hybridized carbons (Fsp3) is 0.360. The third kappa shape index (κ3) is 6.66. The van der Waals surface area contributed by atoms with E-state index in [4.69, 9.17) is 5.73 Å². The number of nitrogens with zero attached hydrogens (tertiary/aromatic N) is 1. The highest BCUT2D eigenvalue weighted by molar-refractivity contribution is 5.93. The first-order valence-corrected chi connectivity index (χ1v) is 11.0. The van der Waals surface area contributed by atoms with Crippen molar-refractivity contribution in [2.24, 2.45) is 5.73 Å². The molecule has 1 amide bonds. The molecule has 0 bridgehead atoms. The minimum absolute atomic E-state index is 0.128. The van der Waals surface area contributed by atoms with Crippen LogP contribution in [0.3, 0.4) is 0 Å². The number of carbonyl (C=O) groups excluding carboxylic acids is 1. The number of fused-ring (bicyclic) bond motifs is 1. The number of carbonyl (C=O) groups is 1. The number of rotatable bonds is 4. The molecule has 1 aliphatic rings. The summed E-state index contributed by atoms with van der Waals surface area (Å²) >= 11 is 0. The van der Waals surface area contributed by atoms with Crippen LogP contribution >= 0.6 is 0 Å². The molecule has 4 nitrogen and oxygen atoms in total. The van der Waals surface area contributed by atoms with Gasteiger partial charge in [-0.25, -0.2) is 9.37 Å². The van der Waals surface area contributed by atoms with Gasteiger partial charge >= 0.3 is 6.18 Å². The molecule has 0 atom stereocenters. The van der Waals surface area contributed by atoms with Crippen LogP contribution in [0.4, 0.5) is 23.2 Å². The maximum Gasteiger partial charge on any atom is 0.433 e. The monoisotopic (exact) mass is 461 g/mol. The maximum absolute atomic E-state index is 13.5. The molecule has 8 heteroatoms. The van der Waals surface area contributed by atoms with Gasteiger partial charge < -0.3 is 11.1 Å². The number of primary amides is 1. The second-order valence-electron chi connectivity index (χ2n) is 8.11. The topological polar surface area (TPSA) is 68.0 Å². The number of benzene rings is 2. The lowest BCUT2D eigenvalue weighted by Crippen LogP contribution is -2.23. The molecule has 1 aromatic heterocycles. The summed E-state index contributed by atoms with van der Waals surface area (Å²) in [7, 11) is 0. The Hall–Kier alpha value is -3.16. The largest absolute Gasteiger partial charge is 0.433 e. The van der Waals surface area contributed by atoms with E-state index < -0.39 is 17.7 Å². The van der Waals surface area contributed by atoms with Crippen LogP contribution in [0.1, 0.15) is 60.6 Å². The number of alkyl halides is 3. The van der Waals surface area contributed by atoms with Gasteiger partial charge in [-0.05, 0) is 61.2 Å². The zero-order valence-corrected chi connectivity index (χ0v) is 18.4. The number of hydrogen-bond acceptors (Lipinski definition) is 3. The summed E-state index contributed by atoms with van der Waals surface area (Å²) in [6.07, 6.45) is 1.56. The van der Waals surface area contributed by atoms with Gasteiger partial charge in [-0.2, -0.15) is 13.2 Å². The van der Waals surface area contributed by atoms with Crippen LogP contribution in [-0.2, 0) is 12.6 Å². The Morgan fingerprint density at radius 2 is 1.73 bits per heavy atom. The number of aromatic nitrogens is 1. The van der Waals surface area contributed by atoms with E-state index in [1.165, 1.54) is 17.7 Å². The second kappa shape index (κ2) is 10.6. The van der Waals surface area contributed by atoms with Crippen LogP contribution in [0.5, 0.6) is 0 Å². The van der Waals surface area contributed by atoms with E-state index >= 15 is 0 Å². The third-order valence-electron chi connectivity index (χ3n) is 5.67. The number of amides is 1. The Morgan fingerprint density at radius 1 is 1.06 bits per heavy atom. The molecule has 0 aliphatic heterocycles. The summed E-state index contributed by atoms with van der Waals surface area (Å²) in [5.74, 6) is -0.853. The molecular weight excluding hydrogens is 434 g/mol. The van der Waals surface area contributed by atoms with Crippen LogP contribution in [-0.4, -0.2) is 16.9 Å². The molecule has 1 heterocycles. The van der Waals surface area contributed by atoms with Crippen LogP contribution in [0.15, 0.2) is 48.5 Å². The average Bonchev–Trinajstić information content (AvgIpc) is 2.80. The van der Waals surface area contributed by atoms with E-state index in [-0.39, 0.29) is 17.5 Å². The van der Waals surface area contributed by atoms with Gasteiger partial charge in [0.05, 0.1) is 5.52 Å². The van der Waals surface area contributed by atoms with E-state index in [1.807, 2.05) is 12.1 Å². The van der Waals surface area contributed by atoms with Crippen molar-refractivity contribution < 1.29 is 22.4 Å². The quantitative estimate of drug-likeness (QED) is 0.437. The van der Waals surface area contributed by atoms with Gasteiger partial charge in [0.2, 0.25) is 5.91 Å². The number of nitrogens with two attached hydrogens (primary N) is 1. The summed E-state index contributed by atoms with van der Waals surface area (Å²) in [6.45, 7) is 2.07. The lowest BCUT2D eigenvalue weighted by atomic mass is 9.95. The van der Waals surface area contributed by atoms with Gasteiger partial charge in [-0.1, -0.05) is 38.3 Å². The van der Waals surface area contributed by atoms with E-state index in [0.717, 1.165) is 50.7 Å². The highest BCUT2D eigenvalue weighted by atomic mass is 19.4. The number of anilines is 1. The van der Waals surface area contributed by atoms with Crippen molar-refractivity contribution in [3.63, 3.8) is 0 Å². The number of nitrogens with one attached hydrogen (secondary N) is 1. The number of aryl methyl sites for hydroxylation is 1. The molecule has 0 saturated heterocycles. The Morgan fingerprint density at radius 3 is 2.30 bits per heavy atom. The summed E-state index contributed by atoms with van der Waals surface area (Å²) in [4.78, 5) is 14.2. The molecule has 0 unspecified atom stereocenters. The Balaban J connectivity index is 0.000000235. The van der Waals surface area contributed by atoms with Crippen molar-refractivity contribution in [2.75, 3.05) is 5.32 Å². The minimum atomic E-state index is -4.52. The van der Waals surface area contributed by atoms with Crippen molar-refractivity contribution in [3.8, 4) is 0 Å². The van der Waals surface area contributed by atoms with Crippen molar-refractivity contribution in [3.05, 3.63) is 71.2 Å². The predicted octanol–water partition coefficient (Wildman–Crippen LogP) is 6.49. The van der Waals surface area contributed by atoms with E-state index in [1.54, 1.807) is 12.1 Å². The van der Waals surface area contributed by atoms with Gasteiger partial charge in [0.25, 0.3) is 0 Å². The minimum Gasteiger partial charge on any atom is -0.382 e. The lowest BCUT2D eigenvalue weighted by molar-refractivity contribution is -0.140. The van der Waals surface area contributed by atoms with Gasteiger partial charge in [-0.15, -0.1) is 0 Å². The standard InChI is InChI=1S/C16H16F4N2.C9H11NO/c17-10-6-7-13-12(8-10)14(9-15(22-13)16(18,19)20)21-11-4-2-1-3-5-11;1-2-7-3-5-8(6-4-7)9(10)11/h6-9,11H,1-5H2,(H,21,22);3-6H,2H2,1H3,(H2,10,11). The predicted molar refractivity (Wildman–Crippen MR) is 122 cm³/mol. The molecule has 1 aliphatic carbocycles. The fourth-order valence-electron chi connectivity index (χ4n) is 3.83. The highest BCUT2D eigenvalue weighted by Gasteiger charge is 2.33. The first kappa shape index (κ1) is 24.5. The first-order chi connectivity index (χ1) is 15.7. The smallest absolute Gasteiger partial charge is 0.382 e. The third-order valence-corrected chi connectivity index (χ3v) is 5.67. The number of halogens is 4. The van der Waals surface area contributed by atoms with E-state index in [0.29, 0.717) is 16.6 Å². The molecule has 0 radical (unpaired) electrons. The van der Waals surface area contributed by atoms with E-state index in [9.17, 15) is 22.4 Å². The van der Waals surface area contributed by atoms with Gasteiger partial charge in [0.1, 0.15) is 11.5 Å². The van der Waals surface area contributed by atoms with Crippen LogP contribution in [0.2, 0.25) is 0 Å².